The Kier molecular flexibility index (Phi) is 5.10. The molecular formula is C18H16N6O2. The number of aromatic nitrogens is 3. The van der Waals surface area contributed by atoms with E-state index in [2.05, 4.69) is 31.9 Å². The zero-order valence-corrected chi connectivity index (χ0v) is 14.2. The van der Waals surface area contributed by atoms with Crippen molar-refractivity contribution >= 4 is 23.1 Å². The van der Waals surface area contributed by atoms with Gasteiger partial charge in [-0.05, 0) is 30.3 Å². The van der Waals surface area contributed by atoms with Crippen molar-refractivity contribution in [3.8, 4) is 17.6 Å². The quantitative estimate of drug-likeness (QED) is 0.699. The van der Waals surface area contributed by atoms with Crippen LogP contribution in [0.25, 0.3) is 0 Å². The molecule has 8 heteroatoms. The maximum Gasteiger partial charge on any atom is 0.249 e. The van der Waals surface area contributed by atoms with Crippen molar-refractivity contribution < 1.29 is 9.47 Å². The molecule has 0 atom stereocenters. The first kappa shape index (κ1) is 17.0. The van der Waals surface area contributed by atoms with Gasteiger partial charge < -0.3 is 20.1 Å². The number of anilines is 4. The van der Waals surface area contributed by atoms with Crippen molar-refractivity contribution in [1.82, 2.24) is 15.2 Å². The summed E-state index contributed by atoms with van der Waals surface area (Å²) < 4.78 is 10.5. The zero-order chi connectivity index (χ0) is 18.4. The van der Waals surface area contributed by atoms with E-state index >= 15 is 0 Å². The number of nitriles is 1. The molecular weight excluding hydrogens is 332 g/mol. The van der Waals surface area contributed by atoms with Crippen LogP contribution in [0.2, 0.25) is 0 Å². The Morgan fingerprint density at radius 1 is 0.962 bits per heavy atom. The van der Waals surface area contributed by atoms with Crippen LogP contribution >= 0.6 is 0 Å². The average molecular weight is 348 g/mol. The van der Waals surface area contributed by atoms with Gasteiger partial charge in [-0.15, -0.1) is 5.10 Å². The number of ether oxygens (including phenoxy) is 2. The fraction of sp³-hybridized carbons (Fsp3) is 0.111. The van der Waals surface area contributed by atoms with E-state index < -0.39 is 0 Å². The molecule has 26 heavy (non-hydrogen) atoms. The van der Waals surface area contributed by atoms with E-state index in [4.69, 9.17) is 14.7 Å². The minimum atomic E-state index is 0.318. The maximum absolute atomic E-state index is 8.97. The lowest BCUT2D eigenvalue weighted by Gasteiger charge is -2.11. The van der Waals surface area contributed by atoms with Crippen molar-refractivity contribution in [1.29, 1.82) is 5.26 Å². The Labute approximate surface area is 150 Å². The number of nitrogens with one attached hydrogen (secondary N) is 2. The summed E-state index contributed by atoms with van der Waals surface area (Å²) in [4.78, 5) is 4.37. The maximum atomic E-state index is 8.97. The molecule has 0 aliphatic heterocycles. The van der Waals surface area contributed by atoms with Crippen molar-refractivity contribution in [3.63, 3.8) is 0 Å². The van der Waals surface area contributed by atoms with Crippen molar-refractivity contribution in [2.24, 2.45) is 0 Å². The SMILES string of the molecule is COc1ccc(Nc2nncc(Nc3cccc(C#N)c3)n2)cc1OC. The molecule has 8 nitrogen and oxygen atoms in total. The van der Waals surface area contributed by atoms with Gasteiger partial charge in [-0.2, -0.15) is 15.3 Å². The van der Waals surface area contributed by atoms with Gasteiger partial charge in [0.05, 0.1) is 32.0 Å². The number of methoxy groups -OCH3 is 2. The van der Waals surface area contributed by atoms with Crippen molar-refractivity contribution in [3.05, 3.63) is 54.2 Å². The van der Waals surface area contributed by atoms with E-state index in [1.165, 1.54) is 6.20 Å². The molecule has 3 rings (SSSR count). The van der Waals surface area contributed by atoms with Crippen LogP contribution in [0.1, 0.15) is 5.56 Å². The normalized spacial score (nSPS) is 9.88. The number of rotatable bonds is 6. The predicted molar refractivity (Wildman–Crippen MR) is 97.1 cm³/mol. The lowest BCUT2D eigenvalue weighted by atomic mass is 10.2. The van der Waals surface area contributed by atoms with E-state index in [0.717, 1.165) is 11.4 Å². The second kappa shape index (κ2) is 7.81. The fourth-order valence-electron chi connectivity index (χ4n) is 2.27. The summed E-state index contributed by atoms with van der Waals surface area (Å²) in [6.45, 7) is 0. The van der Waals surface area contributed by atoms with Crippen LogP contribution in [0.3, 0.4) is 0 Å². The number of nitrogens with zero attached hydrogens (tertiary/aromatic N) is 4. The van der Waals surface area contributed by atoms with Gasteiger partial charge in [0.15, 0.2) is 17.3 Å². The Bertz CT molecular complexity index is 954. The van der Waals surface area contributed by atoms with Gasteiger partial charge in [0.2, 0.25) is 5.95 Å². The van der Waals surface area contributed by atoms with Gasteiger partial charge in [-0.1, -0.05) is 6.07 Å². The van der Waals surface area contributed by atoms with Crippen LogP contribution in [-0.2, 0) is 0 Å². The second-order valence-corrected chi connectivity index (χ2v) is 5.18. The first-order valence-corrected chi connectivity index (χ1v) is 7.68. The lowest BCUT2D eigenvalue weighted by molar-refractivity contribution is 0.355. The van der Waals surface area contributed by atoms with Crippen LogP contribution in [0.15, 0.2) is 48.7 Å². The molecule has 0 aliphatic carbocycles. The number of benzene rings is 2. The third kappa shape index (κ3) is 3.96. The molecule has 0 amide bonds. The van der Waals surface area contributed by atoms with Crippen molar-refractivity contribution in [2.45, 2.75) is 0 Å². The third-order valence-electron chi connectivity index (χ3n) is 3.46. The second-order valence-electron chi connectivity index (χ2n) is 5.18. The number of hydrogen-bond donors (Lipinski definition) is 2. The Balaban J connectivity index is 1.78. The standard InChI is InChI=1S/C18H16N6O2/c1-25-15-7-6-14(9-16(15)26-2)22-18-23-17(11-20-24-18)21-13-5-3-4-12(8-13)10-19/h3-9,11H,1-2H3,(H2,21,22,23,24). The molecule has 3 aromatic rings. The molecule has 2 aromatic carbocycles. The largest absolute Gasteiger partial charge is 0.493 e. The molecule has 1 heterocycles. The third-order valence-corrected chi connectivity index (χ3v) is 3.46. The zero-order valence-electron chi connectivity index (χ0n) is 14.2. The monoisotopic (exact) mass is 348 g/mol. The van der Waals surface area contributed by atoms with Crippen LogP contribution in [-0.4, -0.2) is 29.4 Å². The van der Waals surface area contributed by atoms with Gasteiger partial charge in [0, 0.05) is 17.4 Å². The first-order chi connectivity index (χ1) is 12.7. The molecule has 0 fully saturated rings. The molecule has 0 aliphatic rings. The van der Waals surface area contributed by atoms with E-state index in [-0.39, 0.29) is 0 Å². The van der Waals surface area contributed by atoms with Crippen LogP contribution in [0, 0.1) is 11.3 Å². The highest BCUT2D eigenvalue weighted by Gasteiger charge is 2.07. The van der Waals surface area contributed by atoms with Gasteiger partial charge in [0.1, 0.15) is 0 Å². The lowest BCUT2D eigenvalue weighted by Crippen LogP contribution is -2.03. The summed E-state index contributed by atoms with van der Waals surface area (Å²) in [5.41, 5.74) is 2.02. The topological polar surface area (TPSA) is 105 Å². The Morgan fingerprint density at radius 3 is 2.54 bits per heavy atom. The minimum Gasteiger partial charge on any atom is -0.493 e. The molecule has 0 saturated carbocycles. The Hall–Kier alpha value is -3.86. The van der Waals surface area contributed by atoms with E-state index in [9.17, 15) is 0 Å². The molecule has 1 aromatic heterocycles. The van der Waals surface area contributed by atoms with Crippen LogP contribution in [0.4, 0.5) is 23.1 Å². The summed E-state index contributed by atoms with van der Waals surface area (Å²) in [5, 5.41) is 23.0. The molecule has 0 spiro atoms. The summed E-state index contributed by atoms with van der Waals surface area (Å²) in [5.74, 6) is 2.04. The first-order valence-electron chi connectivity index (χ1n) is 7.68. The van der Waals surface area contributed by atoms with Gasteiger partial charge in [-0.25, -0.2) is 0 Å². The summed E-state index contributed by atoms with van der Waals surface area (Å²) >= 11 is 0. The predicted octanol–water partition coefficient (Wildman–Crippen LogP) is 3.25. The Morgan fingerprint density at radius 2 is 1.77 bits per heavy atom. The average Bonchev–Trinajstić information content (AvgIpc) is 2.68. The highest BCUT2D eigenvalue weighted by atomic mass is 16.5. The number of hydrogen-bond acceptors (Lipinski definition) is 8. The van der Waals surface area contributed by atoms with E-state index in [1.807, 2.05) is 12.1 Å². The van der Waals surface area contributed by atoms with Gasteiger partial charge >= 0.3 is 0 Å². The van der Waals surface area contributed by atoms with Crippen LogP contribution in [0.5, 0.6) is 11.5 Å². The van der Waals surface area contributed by atoms with E-state index in [1.54, 1.807) is 44.6 Å². The highest BCUT2D eigenvalue weighted by molar-refractivity contribution is 5.62. The molecule has 2 N–H and O–H groups in total. The molecule has 0 unspecified atom stereocenters. The minimum absolute atomic E-state index is 0.318. The smallest absolute Gasteiger partial charge is 0.249 e. The fourth-order valence-corrected chi connectivity index (χ4v) is 2.27. The van der Waals surface area contributed by atoms with Gasteiger partial charge in [0.25, 0.3) is 0 Å². The van der Waals surface area contributed by atoms with Crippen LogP contribution < -0.4 is 20.1 Å². The highest BCUT2D eigenvalue weighted by Crippen LogP contribution is 2.30. The summed E-state index contributed by atoms with van der Waals surface area (Å²) in [6, 6.07) is 14.6. The van der Waals surface area contributed by atoms with E-state index in [0.29, 0.717) is 28.8 Å². The molecule has 0 bridgehead atoms. The summed E-state index contributed by atoms with van der Waals surface area (Å²) in [6.07, 6.45) is 1.50. The van der Waals surface area contributed by atoms with Crippen molar-refractivity contribution in [2.75, 3.05) is 24.9 Å². The van der Waals surface area contributed by atoms with Gasteiger partial charge in [-0.3, -0.25) is 0 Å². The molecule has 0 saturated heterocycles. The molecule has 0 radical (unpaired) electrons. The molecule has 130 valence electrons. The summed E-state index contributed by atoms with van der Waals surface area (Å²) in [7, 11) is 3.15.